The minimum atomic E-state index is -1.32. The van der Waals surface area contributed by atoms with Crippen molar-refractivity contribution in [2.24, 2.45) is 62.9 Å². The molecule has 5 unspecified atom stereocenters. The maximum Gasteiger partial charge on any atom is 0.345 e. The molecule has 11 rings (SSSR count). The Bertz CT molecular complexity index is 3450. The van der Waals surface area contributed by atoms with E-state index in [1.165, 1.54) is 38.1 Å². The van der Waals surface area contributed by atoms with Gasteiger partial charge in [0.2, 0.25) is 5.91 Å². The summed E-state index contributed by atoms with van der Waals surface area (Å²) in [6.07, 6.45) is 5.97. The SMILES string of the molecule is CC(=O)OC[C@@]1(C)C(C)CC[C@@]2(C)C1C[C@H](OC(=O)c1ccc(C(N)=O)cc1)[C@@]1(C)Oc3cc(-c4cccnc4)oc(=O)c3[C@H](O)C21.CC(=O)OC[C@]1(C)C2C[C@H](O)[C@@]3(C)Oc4cc(-c5cccnc5)oc(=O)c4[C@H](O)C3[C@@]2(C)CC[C@@H]1C.I. The smallest absolute Gasteiger partial charge is 0.345 e. The van der Waals surface area contributed by atoms with Crippen molar-refractivity contribution < 1.29 is 67.0 Å². The molecule has 16 atom stereocenters. The van der Waals surface area contributed by atoms with E-state index >= 15 is 0 Å². The van der Waals surface area contributed by atoms with Gasteiger partial charge in [0.1, 0.15) is 51.5 Å². The monoisotopic (exact) mass is 1270 g/mol. The third-order valence-corrected chi connectivity index (χ3v) is 21.0. The largest absolute Gasteiger partial charge is 0.484 e. The van der Waals surface area contributed by atoms with Crippen molar-refractivity contribution in [1.29, 1.82) is 0 Å². The summed E-state index contributed by atoms with van der Waals surface area (Å²) in [6, 6.07) is 16.0. The van der Waals surface area contributed by atoms with Gasteiger partial charge in [-0.25, -0.2) is 14.4 Å². The first-order chi connectivity index (χ1) is 39.1. The molecule has 0 saturated heterocycles. The Balaban J connectivity index is 0.000000206. The van der Waals surface area contributed by atoms with E-state index in [1.54, 1.807) is 61.2 Å². The van der Waals surface area contributed by atoms with Gasteiger partial charge in [-0.1, -0.05) is 41.5 Å². The van der Waals surface area contributed by atoms with Crippen LogP contribution in [0.4, 0.5) is 0 Å². The summed E-state index contributed by atoms with van der Waals surface area (Å²) < 4.78 is 42.0. The number of ether oxygens (including phenoxy) is 5. The van der Waals surface area contributed by atoms with Crippen LogP contribution in [0.2, 0.25) is 0 Å². The molecule has 20 heteroatoms. The number of rotatable bonds is 9. The summed E-state index contributed by atoms with van der Waals surface area (Å²) >= 11 is 0. The highest BCUT2D eigenvalue weighted by molar-refractivity contribution is 14.0. The molecule has 5 N–H and O–H groups in total. The fraction of sp³-hybridized carbons (Fsp3) is 0.531. The molecule has 1 amide bonds. The van der Waals surface area contributed by atoms with Gasteiger partial charge in [0, 0.05) is 90.1 Å². The molecule has 4 aromatic heterocycles. The van der Waals surface area contributed by atoms with Gasteiger partial charge < -0.3 is 53.6 Å². The summed E-state index contributed by atoms with van der Waals surface area (Å²) in [4.78, 5) is 84.0. The zero-order valence-electron chi connectivity index (χ0n) is 49.0. The lowest BCUT2D eigenvalue weighted by molar-refractivity contribution is -0.257. The van der Waals surface area contributed by atoms with Crippen molar-refractivity contribution in [2.45, 2.75) is 143 Å². The number of carbonyl (C=O) groups excluding carboxylic acids is 4. The van der Waals surface area contributed by atoms with Crippen molar-refractivity contribution in [3.8, 4) is 34.1 Å². The molecule has 84 heavy (non-hydrogen) atoms. The Morgan fingerprint density at radius 3 is 1.50 bits per heavy atom. The lowest BCUT2D eigenvalue weighted by Crippen LogP contribution is -2.70. The van der Waals surface area contributed by atoms with Gasteiger partial charge >= 0.3 is 29.2 Å². The number of pyridine rings is 2. The summed E-state index contributed by atoms with van der Waals surface area (Å²) in [5.41, 5.74) is 1.23. The van der Waals surface area contributed by atoms with Gasteiger partial charge in [0.15, 0.2) is 0 Å². The van der Waals surface area contributed by atoms with Crippen LogP contribution in [0.5, 0.6) is 11.5 Å². The van der Waals surface area contributed by atoms with Crippen LogP contribution in [-0.4, -0.2) is 85.7 Å². The number of amides is 1. The average molecular weight is 1270 g/mol. The van der Waals surface area contributed by atoms with Crippen molar-refractivity contribution >= 4 is 47.8 Å². The lowest BCUT2D eigenvalue weighted by Gasteiger charge is -2.66. The molecular weight excluding hydrogens is 1190 g/mol. The number of primary amides is 1. The number of esters is 3. The Morgan fingerprint density at radius 2 is 1.07 bits per heavy atom. The molecule has 4 fully saturated rings. The second-order valence-corrected chi connectivity index (χ2v) is 25.6. The van der Waals surface area contributed by atoms with E-state index in [0.717, 1.165) is 19.3 Å². The van der Waals surface area contributed by atoms with Gasteiger partial charge in [-0.15, -0.1) is 24.0 Å². The van der Waals surface area contributed by atoms with Crippen LogP contribution in [0.15, 0.2) is 104 Å². The summed E-state index contributed by atoms with van der Waals surface area (Å²) in [7, 11) is 0. The fourth-order valence-electron chi connectivity index (χ4n) is 16.2. The predicted octanol–water partition coefficient (Wildman–Crippen LogP) is 9.36. The van der Waals surface area contributed by atoms with Gasteiger partial charge in [-0.2, -0.15) is 0 Å². The van der Waals surface area contributed by atoms with E-state index in [9.17, 15) is 44.1 Å². The molecule has 4 aliphatic carbocycles. The molecule has 2 aliphatic heterocycles. The zero-order valence-corrected chi connectivity index (χ0v) is 51.4. The average Bonchev–Trinajstić information content (AvgIpc) is 0.726. The molecule has 0 radical (unpaired) electrons. The standard InChI is InChI=1S/C36H40N2O9.C28H35NO7.HI/c1-19-12-13-34(3)26(35(19,4)18-44-20(2)39)16-27(46-32(42)22-10-8-21(9-11-22)31(37)41)36(5)30(34)29(40)28-25(47-36)15-24(45-33(28)43)23-7-6-14-38-17-23;1-15-8-9-26(3)20(27(15,4)14-34-16(2)30)12-21(31)28(5)24(26)23(32)22-19(36-28)11-18(35-25(22)33)17-7-6-10-29-13-17;/h6-11,14-15,17,19,26-27,29-30,40H,12-13,16,18H2,1-5H3,(H2,37,41);6-7,10-11,13,15,20-21,23-24,31-32H,8-9,12,14H2,1-5H3;1H/t19?,26?,27-,29-,30?,34-,35-,36+;15-,20?,21-,23-,24?,26-,27-,28+;/m00./s1. The number of fused-ring (bicyclic) bond motifs is 8. The summed E-state index contributed by atoms with van der Waals surface area (Å²) in [5, 5.41) is 35.6. The van der Waals surface area contributed by atoms with Crippen LogP contribution >= 0.6 is 24.0 Å². The highest BCUT2D eigenvalue weighted by Crippen LogP contribution is 2.70. The summed E-state index contributed by atoms with van der Waals surface area (Å²) in [6.45, 7) is 19.5. The number of aliphatic hydroxyl groups is 3. The van der Waals surface area contributed by atoms with E-state index in [4.69, 9.17) is 38.3 Å². The number of nitrogens with zero attached hydrogens (tertiary/aromatic N) is 2. The first-order valence-corrected chi connectivity index (χ1v) is 28.6. The van der Waals surface area contributed by atoms with E-state index < -0.39 is 98.2 Å². The number of hydrogen-bond acceptors (Lipinski definition) is 18. The molecule has 0 bridgehead atoms. The maximum absolute atomic E-state index is 13.7. The Labute approximate surface area is 504 Å². The number of aliphatic hydroxyl groups excluding tert-OH is 3. The van der Waals surface area contributed by atoms with Crippen LogP contribution in [-0.2, 0) is 23.8 Å². The third kappa shape index (κ3) is 10.3. The highest BCUT2D eigenvalue weighted by atomic mass is 127. The maximum atomic E-state index is 13.7. The van der Waals surface area contributed by atoms with E-state index in [1.807, 2.05) is 13.8 Å². The third-order valence-electron chi connectivity index (χ3n) is 21.0. The molecular formula is C64H76IN3O16. The first kappa shape index (κ1) is 62.1. The van der Waals surface area contributed by atoms with E-state index in [-0.39, 0.29) is 112 Å². The van der Waals surface area contributed by atoms with Crippen molar-refractivity contribution in [3.05, 3.63) is 129 Å². The first-order valence-electron chi connectivity index (χ1n) is 28.6. The van der Waals surface area contributed by atoms with Crippen LogP contribution in [0.3, 0.4) is 0 Å². The number of carbonyl (C=O) groups is 4. The molecule has 5 aromatic rings. The Kier molecular flexibility index (Phi) is 16.8. The van der Waals surface area contributed by atoms with Gasteiger partial charge in [0.25, 0.3) is 0 Å². The normalized spacial score (nSPS) is 35.0. The topological polar surface area (TPSA) is 287 Å². The quantitative estimate of drug-likeness (QED) is 0.0607. The number of aromatic nitrogens is 2. The lowest BCUT2D eigenvalue weighted by atomic mass is 9.41. The van der Waals surface area contributed by atoms with E-state index in [2.05, 4.69) is 51.5 Å². The minimum absolute atomic E-state index is 0. The second-order valence-electron chi connectivity index (χ2n) is 25.6. The van der Waals surface area contributed by atoms with Crippen molar-refractivity contribution in [2.75, 3.05) is 13.2 Å². The van der Waals surface area contributed by atoms with Gasteiger partial charge in [-0.05, 0) is 135 Å². The molecule has 6 heterocycles. The van der Waals surface area contributed by atoms with Crippen molar-refractivity contribution in [1.82, 2.24) is 9.97 Å². The van der Waals surface area contributed by atoms with Gasteiger partial charge in [-0.3, -0.25) is 24.4 Å². The van der Waals surface area contributed by atoms with Crippen LogP contribution < -0.4 is 26.5 Å². The molecule has 450 valence electrons. The molecule has 19 nitrogen and oxygen atoms in total. The number of benzene rings is 1. The molecule has 6 aliphatic rings. The highest BCUT2D eigenvalue weighted by Gasteiger charge is 2.71. The van der Waals surface area contributed by atoms with Gasteiger partial charge in [0.05, 0.1) is 37.1 Å². The van der Waals surface area contributed by atoms with Crippen LogP contribution in [0.1, 0.15) is 152 Å². The predicted molar refractivity (Wildman–Crippen MR) is 316 cm³/mol. The number of halogens is 1. The number of hydrogen-bond donors (Lipinski definition) is 4. The molecule has 4 saturated carbocycles. The second kappa shape index (κ2) is 22.7. The Hall–Kier alpha value is -6.49. The Morgan fingerprint density at radius 1 is 0.643 bits per heavy atom. The fourth-order valence-corrected chi connectivity index (χ4v) is 16.2. The van der Waals surface area contributed by atoms with Crippen molar-refractivity contribution in [3.63, 3.8) is 0 Å². The van der Waals surface area contributed by atoms with E-state index in [0.29, 0.717) is 30.4 Å². The molecule has 1 aromatic carbocycles. The zero-order chi connectivity index (χ0) is 59.9. The minimum Gasteiger partial charge on any atom is -0.484 e. The summed E-state index contributed by atoms with van der Waals surface area (Å²) in [5.74, 6) is -2.32. The number of nitrogens with two attached hydrogens (primary N) is 1. The van der Waals surface area contributed by atoms with Crippen LogP contribution in [0.25, 0.3) is 22.6 Å². The molecule has 0 spiro atoms. The van der Waals surface area contributed by atoms with Crippen LogP contribution in [0, 0.1) is 57.2 Å².